The van der Waals surface area contributed by atoms with Gasteiger partial charge in [-0.15, -0.1) is 0 Å². The molecule has 0 fully saturated rings. The van der Waals surface area contributed by atoms with Crippen molar-refractivity contribution >= 4 is 32.6 Å². The first-order valence-corrected chi connectivity index (χ1v) is 10.5. The molecule has 6 rings (SSSR count). The number of fused-ring (bicyclic) bond motifs is 5. The number of hydrogen-bond acceptors (Lipinski definition) is 1. The van der Waals surface area contributed by atoms with Gasteiger partial charge in [-0.05, 0) is 40.8 Å². The molecule has 0 N–H and O–H groups in total. The smallest absolute Gasteiger partial charge is 0.129 e. The minimum Gasteiger partial charge on any atom is -0.496 e. The van der Waals surface area contributed by atoms with Gasteiger partial charge in [-0.2, -0.15) is 0 Å². The van der Waals surface area contributed by atoms with Crippen molar-refractivity contribution in [2.24, 2.45) is 0 Å². The Morgan fingerprint density at radius 3 is 2.10 bits per heavy atom. The molecule has 6 aromatic rings. The number of nitrogens with zero attached hydrogens (tertiary/aromatic N) is 1. The summed E-state index contributed by atoms with van der Waals surface area (Å²) in [4.78, 5) is 0. The lowest BCUT2D eigenvalue weighted by molar-refractivity contribution is 0.420. The molecule has 0 spiro atoms. The summed E-state index contributed by atoms with van der Waals surface area (Å²) in [6, 6.07) is 38.6. The van der Waals surface area contributed by atoms with E-state index in [1.54, 1.807) is 7.11 Å². The molecule has 0 radical (unpaired) electrons. The van der Waals surface area contributed by atoms with Gasteiger partial charge in [0.2, 0.25) is 0 Å². The zero-order valence-electron chi connectivity index (χ0n) is 17.2. The van der Waals surface area contributed by atoms with Crippen LogP contribution in [0.2, 0.25) is 0 Å². The maximum Gasteiger partial charge on any atom is 0.129 e. The molecule has 0 bridgehead atoms. The summed E-state index contributed by atoms with van der Waals surface area (Å²) >= 11 is 0. The van der Waals surface area contributed by atoms with Crippen LogP contribution in [0.5, 0.6) is 5.75 Å². The summed E-state index contributed by atoms with van der Waals surface area (Å²) < 4.78 is 8.27. The first kappa shape index (κ1) is 17.8. The summed E-state index contributed by atoms with van der Waals surface area (Å²) in [5.41, 5.74) is 5.92. The molecule has 0 atom stereocenters. The maximum absolute atomic E-state index is 5.89. The van der Waals surface area contributed by atoms with E-state index in [0.717, 1.165) is 16.8 Å². The van der Waals surface area contributed by atoms with Crippen LogP contribution in [0.1, 0.15) is 0 Å². The van der Waals surface area contributed by atoms with Gasteiger partial charge in [0.25, 0.3) is 0 Å². The highest BCUT2D eigenvalue weighted by Gasteiger charge is 2.19. The zero-order valence-corrected chi connectivity index (χ0v) is 17.2. The second-order valence-electron chi connectivity index (χ2n) is 7.79. The van der Waals surface area contributed by atoms with Crippen molar-refractivity contribution < 1.29 is 4.74 Å². The van der Waals surface area contributed by atoms with Crippen molar-refractivity contribution in [2.75, 3.05) is 7.11 Å². The lowest BCUT2D eigenvalue weighted by Crippen LogP contribution is -1.95. The molecule has 0 aliphatic rings. The molecule has 0 saturated carbocycles. The average molecular weight is 399 g/mol. The summed E-state index contributed by atoms with van der Waals surface area (Å²) in [6.07, 6.45) is 0. The molecule has 0 unspecified atom stereocenters. The summed E-state index contributed by atoms with van der Waals surface area (Å²) in [6.45, 7) is 0. The number of benzene rings is 5. The van der Waals surface area contributed by atoms with E-state index in [1.807, 2.05) is 0 Å². The van der Waals surface area contributed by atoms with Crippen LogP contribution in [0.3, 0.4) is 0 Å². The SMILES string of the molecule is COc1cc2ccccc2c2c1c1ccc(-c3ccccc3)cc1n2-c1ccccc1. The molecule has 31 heavy (non-hydrogen) atoms. The van der Waals surface area contributed by atoms with E-state index in [0.29, 0.717) is 0 Å². The molecule has 0 aliphatic heterocycles. The third kappa shape index (κ3) is 2.72. The molecule has 0 amide bonds. The number of rotatable bonds is 3. The lowest BCUT2D eigenvalue weighted by atomic mass is 10.0. The molecular formula is C29H21NO. The highest BCUT2D eigenvalue weighted by Crippen LogP contribution is 2.43. The molecule has 2 heteroatoms. The van der Waals surface area contributed by atoms with Crippen LogP contribution in [-0.2, 0) is 0 Å². The predicted octanol–water partition coefficient (Wildman–Crippen LogP) is 7.61. The van der Waals surface area contributed by atoms with Gasteiger partial charge < -0.3 is 9.30 Å². The molecule has 1 heterocycles. The quantitative estimate of drug-likeness (QED) is 0.299. The van der Waals surface area contributed by atoms with E-state index < -0.39 is 0 Å². The second kappa shape index (κ2) is 7.03. The zero-order chi connectivity index (χ0) is 20.8. The number of para-hydroxylation sites is 1. The molecule has 0 aliphatic carbocycles. The molecule has 148 valence electrons. The standard InChI is InChI=1S/C29H21NO/c1-31-27-19-22-12-8-9-15-24(22)29-28(27)25-17-16-21(20-10-4-2-5-11-20)18-26(25)30(29)23-13-6-3-7-14-23/h2-19H,1H3. The number of ether oxygens (including phenoxy) is 1. The Morgan fingerprint density at radius 2 is 1.32 bits per heavy atom. The van der Waals surface area contributed by atoms with Gasteiger partial charge in [0.1, 0.15) is 5.75 Å². The van der Waals surface area contributed by atoms with E-state index in [9.17, 15) is 0 Å². The van der Waals surface area contributed by atoms with E-state index in [-0.39, 0.29) is 0 Å². The Balaban J connectivity index is 1.84. The number of hydrogen-bond donors (Lipinski definition) is 0. The van der Waals surface area contributed by atoms with Crippen molar-refractivity contribution in [1.29, 1.82) is 0 Å². The monoisotopic (exact) mass is 399 g/mol. The molecule has 5 aromatic carbocycles. The van der Waals surface area contributed by atoms with Crippen LogP contribution in [0, 0.1) is 0 Å². The van der Waals surface area contributed by atoms with E-state index in [1.165, 1.54) is 38.3 Å². The van der Waals surface area contributed by atoms with Crippen molar-refractivity contribution in [3.63, 3.8) is 0 Å². The van der Waals surface area contributed by atoms with Gasteiger partial charge >= 0.3 is 0 Å². The Kier molecular flexibility index (Phi) is 4.03. The molecular weight excluding hydrogens is 378 g/mol. The Bertz CT molecular complexity index is 1550. The van der Waals surface area contributed by atoms with E-state index in [2.05, 4.69) is 114 Å². The molecule has 0 saturated heterocycles. The van der Waals surface area contributed by atoms with Crippen LogP contribution in [0.25, 0.3) is 49.4 Å². The number of methoxy groups -OCH3 is 1. The molecule has 1 aromatic heterocycles. The minimum atomic E-state index is 0.904. The third-order valence-electron chi connectivity index (χ3n) is 6.06. The summed E-state index contributed by atoms with van der Waals surface area (Å²) in [7, 11) is 1.76. The van der Waals surface area contributed by atoms with Crippen LogP contribution >= 0.6 is 0 Å². The van der Waals surface area contributed by atoms with Crippen molar-refractivity contribution in [3.05, 3.63) is 109 Å². The Labute approximate surface area is 180 Å². The highest BCUT2D eigenvalue weighted by atomic mass is 16.5. The minimum absolute atomic E-state index is 0.904. The van der Waals surface area contributed by atoms with Gasteiger partial charge in [-0.1, -0.05) is 84.9 Å². The van der Waals surface area contributed by atoms with Gasteiger partial charge in [-0.3, -0.25) is 0 Å². The van der Waals surface area contributed by atoms with Crippen LogP contribution in [0.15, 0.2) is 109 Å². The Morgan fingerprint density at radius 1 is 0.613 bits per heavy atom. The predicted molar refractivity (Wildman–Crippen MR) is 130 cm³/mol. The normalized spacial score (nSPS) is 11.4. The summed E-state index contributed by atoms with van der Waals surface area (Å²) in [5, 5.41) is 4.75. The van der Waals surface area contributed by atoms with E-state index in [4.69, 9.17) is 4.74 Å². The maximum atomic E-state index is 5.89. The number of aromatic nitrogens is 1. The van der Waals surface area contributed by atoms with Gasteiger partial charge in [0.15, 0.2) is 0 Å². The highest BCUT2D eigenvalue weighted by molar-refractivity contribution is 6.21. The fourth-order valence-electron chi connectivity index (χ4n) is 4.66. The van der Waals surface area contributed by atoms with Gasteiger partial charge in [0.05, 0.1) is 23.5 Å². The van der Waals surface area contributed by atoms with Crippen molar-refractivity contribution in [3.8, 4) is 22.6 Å². The van der Waals surface area contributed by atoms with Crippen molar-refractivity contribution in [1.82, 2.24) is 4.57 Å². The summed E-state index contributed by atoms with van der Waals surface area (Å²) in [5.74, 6) is 0.904. The third-order valence-corrected chi connectivity index (χ3v) is 6.06. The largest absolute Gasteiger partial charge is 0.496 e. The molecule has 2 nitrogen and oxygen atoms in total. The second-order valence-corrected chi connectivity index (χ2v) is 7.79. The van der Waals surface area contributed by atoms with Gasteiger partial charge in [-0.25, -0.2) is 0 Å². The lowest BCUT2D eigenvalue weighted by Gasteiger charge is -2.11. The van der Waals surface area contributed by atoms with E-state index >= 15 is 0 Å². The van der Waals surface area contributed by atoms with Gasteiger partial charge in [0, 0.05) is 16.5 Å². The topological polar surface area (TPSA) is 14.2 Å². The average Bonchev–Trinajstić information content (AvgIpc) is 3.19. The fourth-order valence-corrected chi connectivity index (χ4v) is 4.66. The van der Waals surface area contributed by atoms with Crippen molar-refractivity contribution in [2.45, 2.75) is 0 Å². The first-order valence-electron chi connectivity index (χ1n) is 10.5. The van der Waals surface area contributed by atoms with Crippen LogP contribution in [0.4, 0.5) is 0 Å². The fraction of sp³-hybridized carbons (Fsp3) is 0.0345. The van der Waals surface area contributed by atoms with Crippen LogP contribution in [-0.4, -0.2) is 11.7 Å². The van der Waals surface area contributed by atoms with Crippen LogP contribution < -0.4 is 4.74 Å². The Hall–Kier alpha value is -4.04. The first-order chi connectivity index (χ1) is 15.3.